The predicted octanol–water partition coefficient (Wildman–Crippen LogP) is 5.58. The molecule has 28 heavy (non-hydrogen) atoms. The van der Waals surface area contributed by atoms with Crippen LogP contribution in [0.5, 0.6) is 0 Å². The Bertz CT molecular complexity index is 1000. The van der Waals surface area contributed by atoms with Crippen LogP contribution in [-0.4, -0.2) is 16.0 Å². The van der Waals surface area contributed by atoms with Gasteiger partial charge in [-0.15, -0.1) is 0 Å². The summed E-state index contributed by atoms with van der Waals surface area (Å²) >= 11 is 6.35. The quantitative estimate of drug-likeness (QED) is 0.620. The van der Waals surface area contributed by atoms with E-state index in [-0.39, 0.29) is 0 Å². The third kappa shape index (κ3) is 3.95. The highest BCUT2D eigenvalue weighted by Crippen LogP contribution is 2.34. The molecule has 2 aromatic carbocycles. The second-order valence-electron chi connectivity index (χ2n) is 7.01. The smallest absolute Gasteiger partial charge is 0.101 e. The summed E-state index contributed by atoms with van der Waals surface area (Å²) < 4.78 is 0. The number of aromatic amines is 1. The average Bonchev–Trinajstić information content (AvgIpc) is 3.28. The molecule has 5 heteroatoms. The molecule has 4 rings (SSSR count). The maximum atomic E-state index is 9.21. The number of rotatable bonds is 5. The van der Waals surface area contributed by atoms with Crippen LogP contribution in [0, 0.1) is 11.3 Å². The van der Waals surface area contributed by atoms with Gasteiger partial charge in [-0.05, 0) is 48.6 Å². The molecular weight excluding hydrogens is 368 g/mol. The van der Waals surface area contributed by atoms with Crippen LogP contribution in [0.25, 0.3) is 5.57 Å². The van der Waals surface area contributed by atoms with Crippen LogP contribution in [-0.2, 0) is 6.54 Å². The van der Waals surface area contributed by atoms with Crippen LogP contribution in [0.15, 0.2) is 67.1 Å². The average molecular weight is 389 g/mol. The second kappa shape index (κ2) is 8.33. The topological polar surface area (TPSA) is 55.7 Å². The summed E-state index contributed by atoms with van der Waals surface area (Å²) in [5.41, 5.74) is 5.09. The first kappa shape index (κ1) is 18.3. The summed E-state index contributed by atoms with van der Waals surface area (Å²) in [6, 6.07) is 18.7. The minimum atomic E-state index is 0.334. The molecule has 1 aliphatic carbocycles. The highest BCUT2D eigenvalue weighted by atomic mass is 35.5. The van der Waals surface area contributed by atoms with E-state index in [0.717, 1.165) is 37.2 Å². The lowest BCUT2D eigenvalue weighted by Gasteiger charge is -2.36. The van der Waals surface area contributed by atoms with Gasteiger partial charge < -0.3 is 9.88 Å². The van der Waals surface area contributed by atoms with E-state index in [1.54, 1.807) is 6.33 Å². The molecule has 1 aromatic heterocycles. The SMILES string of the molecule is N#Cc1ccc(N(Cc2ccccc2)C2CCC=C(c3c[nH]cn3)C2)cc1Cl. The lowest BCUT2D eigenvalue weighted by molar-refractivity contribution is 0.547. The normalized spacial score (nSPS) is 16.3. The van der Waals surface area contributed by atoms with Gasteiger partial charge in [0.25, 0.3) is 0 Å². The monoisotopic (exact) mass is 388 g/mol. The molecule has 0 fully saturated rings. The molecule has 0 saturated carbocycles. The first-order chi connectivity index (χ1) is 13.7. The number of anilines is 1. The maximum absolute atomic E-state index is 9.21. The highest BCUT2D eigenvalue weighted by molar-refractivity contribution is 6.32. The van der Waals surface area contributed by atoms with Crippen LogP contribution < -0.4 is 4.90 Å². The van der Waals surface area contributed by atoms with Gasteiger partial charge in [0.15, 0.2) is 0 Å². The fourth-order valence-electron chi connectivity index (χ4n) is 3.78. The Balaban J connectivity index is 1.66. The van der Waals surface area contributed by atoms with Crippen molar-refractivity contribution in [3.05, 3.63) is 89.0 Å². The number of nitrogens with zero attached hydrogens (tertiary/aromatic N) is 3. The third-order valence-corrected chi connectivity index (χ3v) is 5.53. The van der Waals surface area contributed by atoms with E-state index >= 15 is 0 Å². The van der Waals surface area contributed by atoms with Gasteiger partial charge in [0, 0.05) is 24.5 Å². The molecule has 0 radical (unpaired) electrons. The van der Waals surface area contributed by atoms with Crippen molar-refractivity contribution >= 4 is 22.9 Å². The summed E-state index contributed by atoms with van der Waals surface area (Å²) in [6.07, 6.45) is 8.98. The Morgan fingerprint density at radius 2 is 2.07 bits per heavy atom. The predicted molar refractivity (Wildman–Crippen MR) is 113 cm³/mol. The number of imidazole rings is 1. The van der Waals surface area contributed by atoms with Crippen LogP contribution in [0.4, 0.5) is 5.69 Å². The van der Waals surface area contributed by atoms with Crippen molar-refractivity contribution in [3.8, 4) is 6.07 Å². The van der Waals surface area contributed by atoms with Crippen LogP contribution >= 0.6 is 11.6 Å². The van der Waals surface area contributed by atoms with E-state index in [9.17, 15) is 5.26 Å². The minimum absolute atomic E-state index is 0.334. The first-order valence-corrected chi connectivity index (χ1v) is 9.81. The molecule has 0 bridgehead atoms. The largest absolute Gasteiger partial charge is 0.364 e. The van der Waals surface area contributed by atoms with Gasteiger partial charge in [0.05, 0.1) is 22.6 Å². The van der Waals surface area contributed by atoms with Crippen molar-refractivity contribution in [1.82, 2.24) is 9.97 Å². The van der Waals surface area contributed by atoms with Crippen molar-refractivity contribution in [2.24, 2.45) is 0 Å². The lowest BCUT2D eigenvalue weighted by atomic mass is 9.91. The summed E-state index contributed by atoms with van der Waals surface area (Å²) in [5, 5.41) is 9.70. The first-order valence-electron chi connectivity index (χ1n) is 9.43. The molecular formula is C23H21ClN4. The lowest BCUT2D eigenvalue weighted by Crippen LogP contribution is -2.36. The Kier molecular flexibility index (Phi) is 5.45. The molecule has 4 nitrogen and oxygen atoms in total. The van der Waals surface area contributed by atoms with Gasteiger partial charge >= 0.3 is 0 Å². The van der Waals surface area contributed by atoms with Crippen molar-refractivity contribution in [1.29, 1.82) is 5.26 Å². The van der Waals surface area contributed by atoms with Crippen LogP contribution in [0.1, 0.15) is 36.1 Å². The number of hydrogen-bond donors (Lipinski definition) is 1. The number of nitrogens with one attached hydrogen (secondary N) is 1. The molecule has 3 aromatic rings. The fraction of sp³-hybridized carbons (Fsp3) is 0.217. The van der Waals surface area contributed by atoms with Gasteiger partial charge in [-0.25, -0.2) is 4.98 Å². The number of aromatic nitrogens is 2. The van der Waals surface area contributed by atoms with Crippen molar-refractivity contribution in [2.45, 2.75) is 31.8 Å². The van der Waals surface area contributed by atoms with Crippen LogP contribution in [0.3, 0.4) is 0 Å². The van der Waals surface area contributed by atoms with Crippen LogP contribution in [0.2, 0.25) is 5.02 Å². The Labute approximate surface area is 170 Å². The van der Waals surface area contributed by atoms with Gasteiger partial charge in [-0.3, -0.25) is 0 Å². The number of halogens is 1. The van der Waals surface area contributed by atoms with E-state index in [1.807, 2.05) is 30.5 Å². The summed E-state index contributed by atoms with van der Waals surface area (Å²) in [4.78, 5) is 9.88. The minimum Gasteiger partial charge on any atom is -0.364 e. The number of H-pyrrole nitrogens is 1. The summed E-state index contributed by atoms with van der Waals surface area (Å²) in [7, 11) is 0. The van der Waals surface area contributed by atoms with E-state index < -0.39 is 0 Å². The zero-order valence-corrected chi connectivity index (χ0v) is 16.2. The molecule has 1 unspecified atom stereocenters. The summed E-state index contributed by atoms with van der Waals surface area (Å²) in [5.74, 6) is 0. The molecule has 0 aliphatic heterocycles. The van der Waals surface area contributed by atoms with Crippen molar-refractivity contribution in [2.75, 3.05) is 4.90 Å². The molecule has 1 atom stereocenters. The standard InChI is InChI=1S/C23H21ClN4/c24-22-12-21(10-9-19(22)13-25)28(15-17-5-2-1-3-6-17)20-8-4-7-18(11-20)23-14-26-16-27-23/h1-3,5-7,9-10,12,14,16,20H,4,8,11,15H2,(H,26,27). The maximum Gasteiger partial charge on any atom is 0.101 e. The molecule has 1 aliphatic rings. The number of benzene rings is 2. The fourth-order valence-corrected chi connectivity index (χ4v) is 4.00. The number of nitriles is 1. The molecule has 1 heterocycles. The Morgan fingerprint density at radius 3 is 2.79 bits per heavy atom. The van der Waals surface area contributed by atoms with E-state index in [0.29, 0.717) is 16.6 Å². The van der Waals surface area contributed by atoms with E-state index in [4.69, 9.17) is 11.6 Å². The van der Waals surface area contributed by atoms with Crippen molar-refractivity contribution < 1.29 is 0 Å². The number of hydrogen-bond acceptors (Lipinski definition) is 3. The molecule has 1 N–H and O–H groups in total. The molecule has 0 spiro atoms. The van der Waals surface area contributed by atoms with E-state index in [1.165, 1.54) is 11.1 Å². The third-order valence-electron chi connectivity index (χ3n) is 5.21. The second-order valence-corrected chi connectivity index (χ2v) is 7.42. The van der Waals surface area contributed by atoms with Gasteiger partial charge in [0.2, 0.25) is 0 Å². The van der Waals surface area contributed by atoms with Gasteiger partial charge in [0.1, 0.15) is 6.07 Å². The summed E-state index contributed by atoms with van der Waals surface area (Å²) in [6.45, 7) is 0.793. The number of allylic oxidation sites excluding steroid dienone is 1. The van der Waals surface area contributed by atoms with E-state index in [2.05, 4.69) is 51.3 Å². The Hall–Kier alpha value is -3.03. The van der Waals surface area contributed by atoms with Gasteiger partial charge in [-0.1, -0.05) is 48.0 Å². The Morgan fingerprint density at radius 1 is 1.21 bits per heavy atom. The highest BCUT2D eigenvalue weighted by Gasteiger charge is 2.25. The molecule has 0 saturated heterocycles. The van der Waals surface area contributed by atoms with Gasteiger partial charge in [-0.2, -0.15) is 5.26 Å². The molecule has 0 amide bonds. The van der Waals surface area contributed by atoms with Crippen molar-refractivity contribution in [3.63, 3.8) is 0 Å². The molecule has 140 valence electrons. The zero-order valence-electron chi connectivity index (χ0n) is 15.5. The zero-order chi connectivity index (χ0) is 19.3.